The standard InChI is InChI=1S/C22H35FN4/c1-2-24-12-9-19(10-13-24)27-11-5-6-20(18-27)25-14-16-26(17-15-25)22-8-4-3-7-21(22)23/h3-4,7-8,19-20H,2,5-6,9-18H2,1H3/t20-/m1/s1. The number of likely N-dealkylation sites (tertiary alicyclic amines) is 2. The van der Waals surface area contributed by atoms with Gasteiger partial charge in [-0.2, -0.15) is 0 Å². The van der Waals surface area contributed by atoms with Crippen molar-refractivity contribution in [3.05, 3.63) is 30.1 Å². The minimum Gasteiger partial charge on any atom is -0.367 e. The highest BCUT2D eigenvalue weighted by Gasteiger charge is 2.32. The first-order valence-corrected chi connectivity index (χ1v) is 10.9. The lowest BCUT2D eigenvalue weighted by Crippen LogP contribution is -2.57. The SMILES string of the molecule is CCN1CCC(N2CCC[C@@H](N3CCN(c4ccccc4F)CC3)C2)CC1. The average molecular weight is 375 g/mol. The van der Waals surface area contributed by atoms with Gasteiger partial charge in [-0.05, 0) is 64.0 Å². The van der Waals surface area contributed by atoms with Gasteiger partial charge in [-0.25, -0.2) is 4.39 Å². The summed E-state index contributed by atoms with van der Waals surface area (Å²) in [5.74, 6) is -0.0896. The first-order chi connectivity index (χ1) is 13.2. The Kier molecular flexibility index (Phi) is 6.31. The second-order valence-corrected chi connectivity index (χ2v) is 8.43. The Morgan fingerprint density at radius 1 is 0.852 bits per heavy atom. The normalized spacial score (nSPS) is 27.2. The number of para-hydroxylation sites is 1. The van der Waals surface area contributed by atoms with Crippen LogP contribution in [0.1, 0.15) is 32.6 Å². The van der Waals surface area contributed by atoms with Crippen molar-refractivity contribution >= 4 is 5.69 Å². The molecule has 0 N–H and O–H groups in total. The van der Waals surface area contributed by atoms with Crippen molar-refractivity contribution in [3.8, 4) is 0 Å². The number of halogens is 1. The van der Waals surface area contributed by atoms with Gasteiger partial charge in [0.2, 0.25) is 0 Å². The molecule has 5 heteroatoms. The number of anilines is 1. The summed E-state index contributed by atoms with van der Waals surface area (Å²) in [5.41, 5.74) is 0.769. The Morgan fingerprint density at radius 2 is 1.59 bits per heavy atom. The van der Waals surface area contributed by atoms with E-state index >= 15 is 0 Å². The highest BCUT2D eigenvalue weighted by molar-refractivity contribution is 5.48. The van der Waals surface area contributed by atoms with Gasteiger partial charge in [0.25, 0.3) is 0 Å². The molecule has 4 rings (SSSR count). The number of hydrogen-bond acceptors (Lipinski definition) is 4. The van der Waals surface area contributed by atoms with Crippen LogP contribution in [0, 0.1) is 5.82 Å². The quantitative estimate of drug-likeness (QED) is 0.803. The van der Waals surface area contributed by atoms with Gasteiger partial charge in [-0.1, -0.05) is 19.1 Å². The second kappa shape index (κ2) is 8.89. The summed E-state index contributed by atoms with van der Waals surface area (Å²) < 4.78 is 14.1. The van der Waals surface area contributed by atoms with Gasteiger partial charge in [0.05, 0.1) is 5.69 Å². The predicted octanol–water partition coefficient (Wildman–Crippen LogP) is 2.90. The zero-order valence-corrected chi connectivity index (χ0v) is 16.8. The van der Waals surface area contributed by atoms with Crippen LogP contribution in [0.15, 0.2) is 24.3 Å². The summed E-state index contributed by atoms with van der Waals surface area (Å²) in [6.07, 6.45) is 5.32. The zero-order chi connectivity index (χ0) is 18.6. The lowest BCUT2D eigenvalue weighted by Gasteiger charge is -2.47. The molecule has 0 aromatic heterocycles. The van der Waals surface area contributed by atoms with E-state index in [-0.39, 0.29) is 5.82 Å². The van der Waals surface area contributed by atoms with Crippen molar-refractivity contribution in [1.82, 2.24) is 14.7 Å². The number of nitrogens with zero attached hydrogens (tertiary/aromatic N) is 4. The van der Waals surface area contributed by atoms with E-state index < -0.39 is 0 Å². The fourth-order valence-electron chi connectivity index (χ4n) is 5.25. The zero-order valence-electron chi connectivity index (χ0n) is 16.8. The molecule has 150 valence electrons. The van der Waals surface area contributed by atoms with Crippen LogP contribution in [0.5, 0.6) is 0 Å². The van der Waals surface area contributed by atoms with Crippen LogP contribution >= 0.6 is 0 Å². The fraction of sp³-hybridized carbons (Fsp3) is 0.727. The van der Waals surface area contributed by atoms with E-state index in [4.69, 9.17) is 0 Å². The Labute approximate surface area is 163 Å². The summed E-state index contributed by atoms with van der Waals surface area (Å²) in [6, 6.07) is 8.67. The fourth-order valence-corrected chi connectivity index (χ4v) is 5.25. The number of piperazine rings is 1. The summed E-state index contributed by atoms with van der Waals surface area (Å²) in [4.78, 5) is 10.3. The molecule has 1 atom stereocenters. The van der Waals surface area contributed by atoms with Gasteiger partial charge in [0.1, 0.15) is 5.82 Å². The van der Waals surface area contributed by atoms with E-state index in [2.05, 4.69) is 26.5 Å². The molecule has 0 unspecified atom stereocenters. The van der Waals surface area contributed by atoms with Gasteiger partial charge >= 0.3 is 0 Å². The van der Waals surface area contributed by atoms with Gasteiger partial charge in [-0.3, -0.25) is 9.80 Å². The van der Waals surface area contributed by atoms with Crippen LogP contribution in [-0.4, -0.2) is 85.7 Å². The molecule has 3 heterocycles. The first kappa shape index (κ1) is 19.2. The third-order valence-electron chi connectivity index (χ3n) is 6.97. The average Bonchev–Trinajstić information content (AvgIpc) is 2.74. The van der Waals surface area contributed by atoms with Crippen LogP contribution in [0.25, 0.3) is 0 Å². The van der Waals surface area contributed by atoms with Crippen LogP contribution in [0.4, 0.5) is 10.1 Å². The Morgan fingerprint density at radius 3 is 2.30 bits per heavy atom. The minimum atomic E-state index is -0.0896. The minimum absolute atomic E-state index is 0.0896. The Bertz CT molecular complexity index is 594. The largest absolute Gasteiger partial charge is 0.367 e. The maximum Gasteiger partial charge on any atom is 0.146 e. The van der Waals surface area contributed by atoms with E-state index in [0.29, 0.717) is 6.04 Å². The monoisotopic (exact) mass is 374 g/mol. The molecule has 3 saturated heterocycles. The van der Waals surface area contributed by atoms with Crippen molar-refractivity contribution in [2.75, 3.05) is 63.8 Å². The molecule has 27 heavy (non-hydrogen) atoms. The maximum atomic E-state index is 14.1. The molecule has 1 aromatic rings. The van der Waals surface area contributed by atoms with Crippen molar-refractivity contribution in [2.24, 2.45) is 0 Å². The highest BCUT2D eigenvalue weighted by atomic mass is 19.1. The van der Waals surface area contributed by atoms with Gasteiger partial charge < -0.3 is 9.80 Å². The molecule has 0 spiro atoms. The molecule has 3 aliphatic rings. The van der Waals surface area contributed by atoms with Crippen LogP contribution in [0.3, 0.4) is 0 Å². The molecule has 3 fully saturated rings. The molecule has 0 amide bonds. The predicted molar refractivity (Wildman–Crippen MR) is 110 cm³/mol. The first-order valence-electron chi connectivity index (χ1n) is 10.9. The van der Waals surface area contributed by atoms with Crippen molar-refractivity contribution in [1.29, 1.82) is 0 Å². The molecular weight excluding hydrogens is 339 g/mol. The van der Waals surface area contributed by atoms with Crippen molar-refractivity contribution in [3.63, 3.8) is 0 Å². The number of piperidine rings is 2. The number of hydrogen-bond donors (Lipinski definition) is 0. The van der Waals surface area contributed by atoms with E-state index in [1.54, 1.807) is 12.1 Å². The maximum absolute atomic E-state index is 14.1. The molecule has 0 radical (unpaired) electrons. The van der Waals surface area contributed by atoms with Gasteiger partial charge in [0.15, 0.2) is 0 Å². The Balaban J connectivity index is 1.29. The van der Waals surface area contributed by atoms with Gasteiger partial charge in [0, 0.05) is 44.8 Å². The van der Waals surface area contributed by atoms with Crippen LogP contribution in [0.2, 0.25) is 0 Å². The molecule has 4 nitrogen and oxygen atoms in total. The summed E-state index contributed by atoms with van der Waals surface area (Å²) in [5, 5.41) is 0. The third kappa shape index (κ3) is 4.47. The molecular formula is C22H35FN4. The van der Waals surface area contributed by atoms with Gasteiger partial charge in [-0.15, -0.1) is 0 Å². The summed E-state index contributed by atoms with van der Waals surface area (Å²) in [7, 11) is 0. The summed E-state index contributed by atoms with van der Waals surface area (Å²) in [6.45, 7) is 12.5. The molecule has 1 aromatic carbocycles. The van der Waals surface area contributed by atoms with Crippen molar-refractivity contribution < 1.29 is 4.39 Å². The summed E-state index contributed by atoms with van der Waals surface area (Å²) >= 11 is 0. The van der Waals surface area contributed by atoms with Crippen LogP contribution < -0.4 is 4.90 Å². The van der Waals surface area contributed by atoms with Crippen molar-refractivity contribution in [2.45, 2.75) is 44.7 Å². The lowest BCUT2D eigenvalue weighted by molar-refractivity contribution is 0.0426. The molecule has 0 saturated carbocycles. The topological polar surface area (TPSA) is 13.0 Å². The van der Waals surface area contributed by atoms with E-state index in [1.165, 1.54) is 58.4 Å². The smallest absolute Gasteiger partial charge is 0.146 e. The highest BCUT2D eigenvalue weighted by Crippen LogP contribution is 2.25. The third-order valence-corrected chi connectivity index (χ3v) is 6.97. The number of rotatable bonds is 4. The number of benzene rings is 1. The van der Waals surface area contributed by atoms with E-state index in [0.717, 1.165) is 37.9 Å². The lowest BCUT2D eigenvalue weighted by atomic mass is 9.97. The van der Waals surface area contributed by atoms with E-state index in [1.807, 2.05) is 12.1 Å². The molecule has 0 aliphatic carbocycles. The second-order valence-electron chi connectivity index (χ2n) is 8.43. The Hall–Kier alpha value is -1.17. The van der Waals surface area contributed by atoms with Crippen LogP contribution in [-0.2, 0) is 0 Å². The van der Waals surface area contributed by atoms with E-state index in [9.17, 15) is 4.39 Å². The molecule has 0 bridgehead atoms. The molecule has 3 aliphatic heterocycles.